The first-order chi connectivity index (χ1) is 10.8. The van der Waals surface area contributed by atoms with E-state index in [1.807, 2.05) is 37.1 Å². The van der Waals surface area contributed by atoms with E-state index in [-0.39, 0.29) is 23.7 Å². The van der Waals surface area contributed by atoms with E-state index >= 15 is 0 Å². The summed E-state index contributed by atoms with van der Waals surface area (Å²) in [7, 11) is 1.96. The highest BCUT2D eigenvalue weighted by Crippen LogP contribution is 2.26. The lowest BCUT2D eigenvalue weighted by molar-refractivity contribution is -0.137. The highest BCUT2D eigenvalue weighted by Gasteiger charge is 2.29. The maximum absolute atomic E-state index is 12.6. The zero-order chi connectivity index (χ0) is 17.0. The number of hydrogen-bond donors (Lipinski definition) is 1. The fourth-order valence-electron chi connectivity index (χ4n) is 3.04. The molecule has 0 saturated carbocycles. The molecule has 1 amide bonds. The number of rotatable bonds is 5. The Bertz CT molecular complexity index is 542. The topological polar surface area (TPSA) is 41.6 Å². The molecule has 1 N–H and O–H groups in total. The monoisotopic (exact) mass is 354 g/mol. The van der Waals surface area contributed by atoms with E-state index in [0.717, 1.165) is 31.8 Å². The summed E-state index contributed by atoms with van der Waals surface area (Å²) in [6, 6.07) is 8.05. The summed E-state index contributed by atoms with van der Waals surface area (Å²) < 4.78 is 5.91. The van der Waals surface area contributed by atoms with E-state index in [1.165, 1.54) is 5.56 Å². The van der Waals surface area contributed by atoms with E-state index in [4.69, 9.17) is 4.74 Å². The SMILES string of the molecule is CNCC1CCN(C(=O)C(C)Oc2cccc(C(C)(C)C)c2)C1.Cl. The summed E-state index contributed by atoms with van der Waals surface area (Å²) in [5.41, 5.74) is 1.28. The van der Waals surface area contributed by atoms with Crippen LogP contribution in [0.3, 0.4) is 0 Å². The van der Waals surface area contributed by atoms with Crippen LogP contribution in [0, 0.1) is 5.92 Å². The minimum atomic E-state index is -0.446. The standard InChI is InChI=1S/C19H30N2O2.ClH/c1-14(18(22)21-10-9-15(13-21)12-20-5)23-17-8-6-7-16(11-17)19(2,3)4;/h6-8,11,14-15,20H,9-10,12-13H2,1-5H3;1H. The molecule has 1 fully saturated rings. The van der Waals surface area contributed by atoms with Gasteiger partial charge in [-0.1, -0.05) is 32.9 Å². The second-order valence-electron chi connectivity index (χ2n) is 7.53. The van der Waals surface area contributed by atoms with Gasteiger partial charge in [0.15, 0.2) is 6.10 Å². The number of halogens is 1. The summed E-state index contributed by atoms with van der Waals surface area (Å²) in [5.74, 6) is 1.41. The Morgan fingerprint density at radius 3 is 2.75 bits per heavy atom. The van der Waals surface area contributed by atoms with Gasteiger partial charge in [-0.2, -0.15) is 0 Å². The van der Waals surface area contributed by atoms with Crippen molar-refractivity contribution < 1.29 is 9.53 Å². The predicted molar refractivity (Wildman–Crippen MR) is 101 cm³/mol. The molecule has 2 unspecified atom stereocenters. The number of nitrogens with one attached hydrogen (secondary N) is 1. The van der Waals surface area contributed by atoms with Crippen molar-refractivity contribution in [1.29, 1.82) is 0 Å². The third kappa shape index (κ3) is 5.38. The number of nitrogens with zero attached hydrogens (tertiary/aromatic N) is 1. The van der Waals surface area contributed by atoms with Crippen LogP contribution in [0.4, 0.5) is 0 Å². The van der Waals surface area contributed by atoms with Crippen LogP contribution >= 0.6 is 12.4 Å². The fourth-order valence-corrected chi connectivity index (χ4v) is 3.04. The van der Waals surface area contributed by atoms with Crippen LogP contribution in [0.15, 0.2) is 24.3 Å². The highest BCUT2D eigenvalue weighted by molar-refractivity contribution is 5.85. The van der Waals surface area contributed by atoms with Crippen molar-refractivity contribution in [3.8, 4) is 5.75 Å². The number of likely N-dealkylation sites (tertiary alicyclic amines) is 1. The summed E-state index contributed by atoms with van der Waals surface area (Å²) in [4.78, 5) is 14.5. The molecule has 1 aliphatic heterocycles. The lowest BCUT2D eigenvalue weighted by Gasteiger charge is -2.23. The molecule has 1 aromatic carbocycles. The van der Waals surface area contributed by atoms with E-state index in [1.54, 1.807) is 0 Å². The molecule has 1 saturated heterocycles. The average Bonchev–Trinajstić information content (AvgIpc) is 2.95. The van der Waals surface area contributed by atoms with Crippen molar-refractivity contribution in [3.63, 3.8) is 0 Å². The molecule has 1 aliphatic rings. The molecule has 0 aliphatic carbocycles. The Labute approximate surface area is 152 Å². The number of amides is 1. The van der Waals surface area contributed by atoms with Crippen LogP contribution in [-0.2, 0) is 10.2 Å². The van der Waals surface area contributed by atoms with Crippen molar-refractivity contribution in [2.75, 3.05) is 26.7 Å². The first kappa shape index (κ1) is 20.8. The third-order valence-corrected chi connectivity index (χ3v) is 4.45. The van der Waals surface area contributed by atoms with Crippen LogP contribution in [-0.4, -0.2) is 43.6 Å². The van der Waals surface area contributed by atoms with E-state index in [0.29, 0.717) is 5.92 Å². The molecule has 0 aromatic heterocycles. The van der Waals surface area contributed by atoms with Crippen LogP contribution in [0.25, 0.3) is 0 Å². The van der Waals surface area contributed by atoms with Crippen molar-refractivity contribution in [2.24, 2.45) is 5.92 Å². The lowest BCUT2D eigenvalue weighted by Crippen LogP contribution is -2.39. The van der Waals surface area contributed by atoms with Gasteiger partial charge in [0.2, 0.25) is 0 Å². The minimum Gasteiger partial charge on any atom is -0.481 e. The van der Waals surface area contributed by atoms with Crippen molar-refractivity contribution >= 4 is 18.3 Å². The second-order valence-corrected chi connectivity index (χ2v) is 7.53. The summed E-state index contributed by atoms with van der Waals surface area (Å²) in [6.07, 6.45) is 0.622. The van der Waals surface area contributed by atoms with Gasteiger partial charge in [-0.05, 0) is 56.0 Å². The van der Waals surface area contributed by atoms with E-state index in [2.05, 4.69) is 32.2 Å². The minimum absolute atomic E-state index is 0. The van der Waals surface area contributed by atoms with Gasteiger partial charge in [-0.3, -0.25) is 4.79 Å². The molecular formula is C19H31ClN2O2. The molecule has 136 valence electrons. The van der Waals surface area contributed by atoms with Gasteiger partial charge in [0.1, 0.15) is 5.75 Å². The highest BCUT2D eigenvalue weighted by atomic mass is 35.5. The predicted octanol–water partition coefficient (Wildman–Crippen LogP) is 3.24. The molecular weight excluding hydrogens is 324 g/mol. The largest absolute Gasteiger partial charge is 0.481 e. The van der Waals surface area contributed by atoms with Gasteiger partial charge in [0, 0.05) is 13.1 Å². The zero-order valence-electron chi connectivity index (χ0n) is 15.5. The summed E-state index contributed by atoms with van der Waals surface area (Å²) in [6.45, 7) is 11.0. The van der Waals surface area contributed by atoms with Crippen molar-refractivity contribution in [1.82, 2.24) is 10.2 Å². The summed E-state index contributed by atoms with van der Waals surface area (Å²) >= 11 is 0. The van der Waals surface area contributed by atoms with Gasteiger partial charge in [0.25, 0.3) is 5.91 Å². The number of carbonyl (C=O) groups is 1. The maximum atomic E-state index is 12.6. The second kappa shape index (κ2) is 8.72. The van der Waals surface area contributed by atoms with Crippen LogP contribution in [0.1, 0.15) is 39.7 Å². The van der Waals surface area contributed by atoms with Gasteiger partial charge in [0.05, 0.1) is 0 Å². The maximum Gasteiger partial charge on any atom is 0.263 e. The van der Waals surface area contributed by atoms with Crippen LogP contribution < -0.4 is 10.1 Å². The smallest absolute Gasteiger partial charge is 0.263 e. The number of benzene rings is 1. The van der Waals surface area contributed by atoms with Crippen LogP contribution in [0.2, 0.25) is 0 Å². The molecule has 0 radical (unpaired) electrons. The normalized spacial score (nSPS) is 18.9. The molecule has 1 heterocycles. The first-order valence-corrected chi connectivity index (χ1v) is 8.52. The Morgan fingerprint density at radius 2 is 2.12 bits per heavy atom. The number of hydrogen-bond acceptors (Lipinski definition) is 3. The fraction of sp³-hybridized carbons (Fsp3) is 0.632. The Morgan fingerprint density at radius 1 is 1.42 bits per heavy atom. The van der Waals surface area contributed by atoms with E-state index in [9.17, 15) is 4.79 Å². The van der Waals surface area contributed by atoms with Gasteiger partial charge < -0.3 is 15.0 Å². The van der Waals surface area contributed by atoms with Crippen molar-refractivity contribution in [2.45, 2.75) is 45.6 Å². The molecule has 4 nitrogen and oxygen atoms in total. The molecule has 2 rings (SSSR count). The van der Waals surface area contributed by atoms with Gasteiger partial charge >= 0.3 is 0 Å². The first-order valence-electron chi connectivity index (χ1n) is 8.52. The number of ether oxygens (including phenoxy) is 1. The molecule has 0 bridgehead atoms. The molecule has 1 aromatic rings. The van der Waals surface area contributed by atoms with Gasteiger partial charge in [-0.25, -0.2) is 0 Å². The quantitative estimate of drug-likeness (QED) is 0.882. The van der Waals surface area contributed by atoms with E-state index < -0.39 is 6.10 Å². The lowest BCUT2D eigenvalue weighted by atomic mass is 9.87. The van der Waals surface area contributed by atoms with Crippen LogP contribution in [0.5, 0.6) is 5.75 Å². The number of carbonyl (C=O) groups excluding carboxylic acids is 1. The average molecular weight is 355 g/mol. The van der Waals surface area contributed by atoms with Gasteiger partial charge in [-0.15, -0.1) is 12.4 Å². The molecule has 24 heavy (non-hydrogen) atoms. The van der Waals surface area contributed by atoms with Crippen molar-refractivity contribution in [3.05, 3.63) is 29.8 Å². The molecule has 5 heteroatoms. The summed E-state index contributed by atoms with van der Waals surface area (Å²) in [5, 5.41) is 3.19. The zero-order valence-corrected chi connectivity index (χ0v) is 16.3. The molecule has 2 atom stereocenters. The Balaban J connectivity index is 0.00000288. The third-order valence-electron chi connectivity index (χ3n) is 4.45. The molecule has 0 spiro atoms. The Hall–Kier alpha value is -1.26. The Kier molecular flexibility index (Phi) is 7.56.